The topological polar surface area (TPSA) is 74.8 Å². The fourth-order valence-corrected chi connectivity index (χ4v) is 3.81. The van der Waals surface area contributed by atoms with Crippen LogP contribution < -0.4 is 5.32 Å². The molecular formula is C20H24N4O3. The van der Waals surface area contributed by atoms with Gasteiger partial charge in [0.15, 0.2) is 0 Å². The molecule has 3 amide bonds. The lowest BCUT2D eigenvalue weighted by Gasteiger charge is -2.36. The number of nitrogens with one attached hydrogen (secondary N) is 1. The van der Waals surface area contributed by atoms with Crippen LogP contribution in [-0.4, -0.2) is 66.1 Å². The molecule has 0 spiro atoms. The highest BCUT2D eigenvalue weighted by atomic mass is 16.5. The van der Waals surface area contributed by atoms with Crippen molar-refractivity contribution >= 4 is 28.5 Å². The number of aromatic nitrogens is 1. The number of fused-ring (bicyclic) bond motifs is 1. The van der Waals surface area contributed by atoms with Gasteiger partial charge in [-0.25, -0.2) is 4.79 Å². The molecule has 0 saturated carbocycles. The van der Waals surface area contributed by atoms with E-state index in [0.29, 0.717) is 39.4 Å². The van der Waals surface area contributed by atoms with E-state index in [0.717, 1.165) is 29.4 Å². The summed E-state index contributed by atoms with van der Waals surface area (Å²) in [6.45, 7) is 3.61. The lowest BCUT2D eigenvalue weighted by molar-refractivity contribution is -0.141. The predicted molar refractivity (Wildman–Crippen MR) is 102 cm³/mol. The molecule has 27 heavy (non-hydrogen) atoms. The third-order valence-electron chi connectivity index (χ3n) is 5.27. The number of carbonyl (C=O) groups excluding carboxylic acids is 2. The molecule has 2 saturated heterocycles. The Hall–Kier alpha value is -2.67. The molecule has 0 aliphatic carbocycles. The summed E-state index contributed by atoms with van der Waals surface area (Å²) >= 11 is 0. The molecular weight excluding hydrogens is 344 g/mol. The number of ether oxygens (including phenoxy) is 1. The molecule has 0 unspecified atom stereocenters. The molecule has 142 valence electrons. The summed E-state index contributed by atoms with van der Waals surface area (Å²) in [4.78, 5) is 33.5. The second-order valence-electron chi connectivity index (χ2n) is 7.03. The summed E-state index contributed by atoms with van der Waals surface area (Å²) in [5.41, 5.74) is 1.58. The third kappa shape index (κ3) is 3.88. The van der Waals surface area contributed by atoms with Crippen LogP contribution in [0.15, 0.2) is 36.5 Å². The van der Waals surface area contributed by atoms with Crippen molar-refractivity contribution in [3.63, 3.8) is 0 Å². The van der Waals surface area contributed by atoms with Crippen LogP contribution in [0.4, 0.5) is 10.5 Å². The van der Waals surface area contributed by atoms with Crippen molar-refractivity contribution in [2.45, 2.75) is 12.8 Å². The zero-order valence-electron chi connectivity index (χ0n) is 15.3. The van der Waals surface area contributed by atoms with Gasteiger partial charge < -0.3 is 19.9 Å². The number of piperidine rings is 1. The van der Waals surface area contributed by atoms with Gasteiger partial charge in [0.1, 0.15) is 0 Å². The molecule has 0 bridgehead atoms. The Balaban J connectivity index is 1.43. The lowest BCUT2D eigenvalue weighted by Crippen LogP contribution is -2.50. The Labute approximate surface area is 158 Å². The number of carbonyl (C=O) groups is 2. The molecule has 2 aliphatic heterocycles. The average Bonchev–Trinajstić information content (AvgIpc) is 2.74. The van der Waals surface area contributed by atoms with Gasteiger partial charge in [0.25, 0.3) is 0 Å². The van der Waals surface area contributed by atoms with Gasteiger partial charge in [-0.2, -0.15) is 0 Å². The number of rotatable bonds is 2. The minimum absolute atomic E-state index is 0.128. The van der Waals surface area contributed by atoms with Gasteiger partial charge in [-0.1, -0.05) is 6.07 Å². The van der Waals surface area contributed by atoms with Crippen LogP contribution in [0.5, 0.6) is 0 Å². The van der Waals surface area contributed by atoms with Gasteiger partial charge in [-0.05, 0) is 37.1 Å². The minimum atomic E-state index is -0.161. The van der Waals surface area contributed by atoms with Crippen LogP contribution in [-0.2, 0) is 9.53 Å². The van der Waals surface area contributed by atoms with E-state index >= 15 is 0 Å². The Morgan fingerprint density at radius 2 is 1.93 bits per heavy atom. The average molecular weight is 368 g/mol. The summed E-state index contributed by atoms with van der Waals surface area (Å²) < 4.78 is 5.32. The number of amides is 3. The first-order chi connectivity index (χ1) is 13.2. The van der Waals surface area contributed by atoms with Crippen LogP contribution in [0.3, 0.4) is 0 Å². The maximum Gasteiger partial charge on any atom is 0.321 e. The highest BCUT2D eigenvalue weighted by Crippen LogP contribution is 2.24. The van der Waals surface area contributed by atoms with Crippen molar-refractivity contribution in [2.24, 2.45) is 5.92 Å². The van der Waals surface area contributed by atoms with Crippen LogP contribution >= 0.6 is 0 Å². The second kappa shape index (κ2) is 7.92. The number of nitrogens with zero attached hydrogens (tertiary/aromatic N) is 3. The van der Waals surface area contributed by atoms with Crippen molar-refractivity contribution in [1.82, 2.24) is 14.8 Å². The number of likely N-dealkylation sites (tertiary alicyclic amines) is 1. The van der Waals surface area contributed by atoms with Crippen LogP contribution in [0, 0.1) is 5.92 Å². The van der Waals surface area contributed by atoms with Gasteiger partial charge in [0.05, 0.1) is 30.3 Å². The number of urea groups is 1. The lowest BCUT2D eigenvalue weighted by atomic mass is 9.96. The minimum Gasteiger partial charge on any atom is -0.378 e. The highest BCUT2D eigenvalue weighted by molar-refractivity contribution is 6.00. The highest BCUT2D eigenvalue weighted by Gasteiger charge is 2.32. The summed E-state index contributed by atoms with van der Waals surface area (Å²) in [5, 5.41) is 3.90. The molecule has 2 aromatic rings. The Kier molecular flexibility index (Phi) is 5.20. The van der Waals surface area contributed by atoms with Crippen LogP contribution in [0.2, 0.25) is 0 Å². The maximum absolute atomic E-state index is 12.8. The Morgan fingerprint density at radius 3 is 2.78 bits per heavy atom. The zero-order chi connectivity index (χ0) is 18.6. The van der Waals surface area contributed by atoms with E-state index in [1.807, 2.05) is 35.2 Å². The number of hydrogen-bond donors (Lipinski definition) is 1. The monoisotopic (exact) mass is 368 g/mol. The quantitative estimate of drug-likeness (QED) is 0.883. The summed E-state index contributed by atoms with van der Waals surface area (Å²) in [7, 11) is 0. The van der Waals surface area contributed by atoms with E-state index in [2.05, 4.69) is 10.3 Å². The molecule has 7 nitrogen and oxygen atoms in total. The van der Waals surface area contributed by atoms with E-state index in [4.69, 9.17) is 4.74 Å². The molecule has 2 aliphatic rings. The number of anilines is 1. The molecule has 0 radical (unpaired) electrons. The predicted octanol–water partition coefficient (Wildman–Crippen LogP) is 2.34. The van der Waals surface area contributed by atoms with Gasteiger partial charge in [-0.3, -0.25) is 9.78 Å². The SMILES string of the molecule is O=C(Nc1cccc2ncccc12)N1CCC[C@@H](C(=O)N2CCOCC2)C1. The van der Waals surface area contributed by atoms with Gasteiger partial charge >= 0.3 is 6.03 Å². The first kappa shape index (κ1) is 17.7. The zero-order valence-corrected chi connectivity index (χ0v) is 15.3. The maximum atomic E-state index is 12.8. The first-order valence-corrected chi connectivity index (χ1v) is 9.48. The first-order valence-electron chi connectivity index (χ1n) is 9.48. The summed E-state index contributed by atoms with van der Waals surface area (Å²) in [6.07, 6.45) is 3.41. The Bertz CT molecular complexity index is 830. The fourth-order valence-electron chi connectivity index (χ4n) is 3.81. The van der Waals surface area contributed by atoms with E-state index < -0.39 is 0 Å². The van der Waals surface area contributed by atoms with Crippen LogP contribution in [0.25, 0.3) is 10.9 Å². The molecule has 3 heterocycles. The van der Waals surface area contributed by atoms with Gasteiger partial charge in [0, 0.05) is 37.8 Å². The van der Waals surface area contributed by atoms with Crippen LogP contribution in [0.1, 0.15) is 12.8 Å². The number of benzene rings is 1. The largest absolute Gasteiger partial charge is 0.378 e. The molecule has 4 rings (SSSR count). The van der Waals surface area contributed by atoms with Gasteiger partial charge in [-0.15, -0.1) is 0 Å². The third-order valence-corrected chi connectivity index (χ3v) is 5.27. The molecule has 1 aromatic carbocycles. The smallest absolute Gasteiger partial charge is 0.321 e. The van der Waals surface area contributed by atoms with Crippen molar-refractivity contribution in [3.8, 4) is 0 Å². The van der Waals surface area contributed by atoms with E-state index in [9.17, 15) is 9.59 Å². The molecule has 2 fully saturated rings. The summed E-state index contributed by atoms with van der Waals surface area (Å²) in [6, 6.07) is 9.32. The molecule has 1 N–H and O–H groups in total. The van der Waals surface area contributed by atoms with E-state index in [1.54, 1.807) is 11.1 Å². The fraction of sp³-hybridized carbons (Fsp3) is 0.450. The standard InChI is InChI=1S/C20H24N4O3/c25-19(23-10-12-27-13-11-23)15-4-3-9-24(14-15)20(26)22-18-7-1-6-17-16(18)5-2-8-21-17/h1-2,5-8,15H,3-4,9-14H2,(H,22,26)/t15-/m1/s1. The molecule has 1 atom stereocenters. The van der Waals surface area contributed by atoms with Crippen molar-refractivity contribution in [2.75, 3.05) is 44.7 Å². The van der Waals surface area contributed by atoms with Crippen molar-refractivity contribution in [3.05, 3.63) is 36.5 Å². The van der Waals surface area contributed by atoms with E-state index in [-0.39, 0.29) is 17.9 Å². The Morgan fingerprint density at radius 1 is 1.07 bits per heavy atom. The molecule has 1 aromatic heterocycles. The summed E-state index contributed by atoms with van der Waals surface area (Å²) in [5.74, 6) is 0.0157. The van der Waals surface area contributed by atoms with Crippen molar-refractivity contribution in [1.29, 1.82) is 0 Å². The van der Waals surface area contributed by atoms with Gasteiger partial charge in [0.2, 0.25) is 5.91 Å². The second-order valence-corrected chi connectivity index (χ2v) is 7.03. The number of pyridine rings is 1. The molecule has 7 heteroatoms. The number of hydrogen-bond acceptors (Lipinski definition) is 4. The van der Waals surface area contributed by atoms with Crippen molar-refractivity contribution < 1.29 is 14.3 Å². The van der Waals surface area contributed by atoms with E-state index in [1.165, 1.54) is 0 Å². The number of morpholine rings is 1. The normalized spacial score (nSPS) is 20.5.